The lowest BCUT2D eigenvalue weighted by molar-refractivity contribution is -0.118. The molecule has 0 radical (unpaired) electrons. The first-order chi connectivity index (χ1) is 13.6. The Bertz CT molecular complexity index is 918. The van der Waals surface area contributed by atoms with E-state index in [2.05, 4.69) is 17.2 Å². The van der Waals surface area contributed by atoms with Crippen LogP contribution in [0.1, 0.15) is 24.3 Å². The fraction of sp³-hybridized carbons (Fsp3) is 0.273. The fourth-order valence-corrected chi connectivity index (χ4v) is 3.57. The Morgan fingerprint density at radius 1 is 1.00 bits per heavy atom. The maximum absolute atomic E-state index is 12.2. The van der Waals surface area contributed by atoms with Crippen molar-refractivity contribution in [3.8, 4) is 22.8 Å². The number of hydrogen-bond donors (Lipinski definition) is 1. The molecular weight excluding hydrogens is 372 g/mol. The number of hydrogen-bond acceptors (Lipinski definition) is 5. The Morgan fingerprint density at radius 3 is 2.29 bits per heavy atom. The van der Waals surface area contributed by atoms with E-state index in [-0.39, 0.29) is 12.5 Å². The van der Waals surface area contributed by atoms with E-state index in [0.29, 0.717) is 17.5 Å². The average Bonchev–Trinajstić information content (AvgIpc) is 3.07. The van der Waals surface area contributed by atoms with Crippen LogP contribution < -0.4 is 14.8 Å². The zero-order valence-electron chi connectivity index (χ0n) is 16.3. The van der Waals surface area contributed by atoms with E-state index in [1.54, 1.807) is 0 Å². The maximum atomic E-state index is 12.2. The van der Waals surface area contributed by atoms with Gasteiger partial charge in [0, 0.05) is 10.4 Å². The molecule has 0 fully saturated rings. The van der Waals surface area contributed by atoms with E-state index in [1.807, 2.05) is 62.4 Å². The van der Waals surface area contributed by atoms with Gasteiger partial charge < -0.3 is 9.47 Å². The van der Waals surface area contributed by atoms with E-state index in [9.17, 15) is 4.79 Å². The molecule has 2 aromatic carbocycles. The van der Waals surface area contributed by atoms with Gasteiger partial charge in [-0.05, 0) is 62.2 Å². The minimum absolute atomic E-state index is 0.0531. The Kier molecular flexibility index (Phi) is 6.66. The van der Waals surface area contributed by atoms with Crippen LogP contribution in [0.4, 0.5) is 5.13 Å². The minimum atomic E-state index is -0.230. The molecule has 0 aliphatic heterocycles. The number of aryl methyl sites for hydroxylation is 2. The van der Waals surface area contributed by atoms with Gasteiger partial charge in [0.05, 0.1) is 12.3 Å². The summed E-state index contributed by atoms with van der Waals surface area (Å²) in [5, 5.41) is 3.38. The van der Waals surface area contributed by atoms with Crippen LogP contribution in [0.25, 0.3) is 11.3 Å². The van der Waals surface area contributed by atoms with Crippen molar-refractivity contribution in [3.63, 3.8) is 0 Å². The molecule has 0 unspecified atom stereocenters. The Labute approximate surface area is 169 Å². The summed E-state index contributed by atoms with van der Waals surface area (Å²) in [6.07, 6.45) is 0.973. The monoisotopic (exact) mass is 396 g/mol. The molecule has 0 aliphatic rings. The van der Waals surface area contributed by atoms with Crippen molar-refractivity contribution < 1.29 is 14.3 Å². The van der Waals surface area contributed by atoms with Crippen LogP contribution in [0.15, 0.2) is 48.5 Å². The number of thiazole rings is 1. The third kappa shape index (κ3) is 5.10. The maximum Gasteiger partial charge on any atom is 0.264 e. The number of ether oxygens (including phenoxy) is 2. The molecule has 6 heteroatoms. The molecule has 146 valence electrons. The molecule has 0 aliphatic carbocycles. The third-order valence-corrected chi connectivity index (χ3v) is 5.07. The molecule has 0 saturated heterocycles. The molecule has 3 rings (SSSR count). The molecule has 1 heterocycles. The average molecular weight is 397 g/mol. The van der Waals surface area contributed by atoms with Crippen LogP contribution in [0.3, 0.4) is 0 Å². The van der Waals surface area contributed by atoms with Gasteiger partial charge in [0.25, 0.3) is 5.91 Å². The molecule has 1 N–H and O–H groups in total. The van der Waals surface area contributed by atoms with Crippen molar-refractivity contribution in [2.24, 2.45) is 0 Å². The van der Waals surface area contributed by atoms with Gasteiger partial charge >= 0.3 is 0 Å². The number of carbonyl (C=O) groups is 1. The van der Waals surface area contributed by atoms with Gasteiger partial charge in [-0.1, -0.05) is 19.1 Å². The second-order valence-electron chi connectivity index (χ2n) is 6.22. The van der Waals surface area contributed by atoms with Gasteiger partial charge in [0.1, 0.15) is 11.5 Å². The number of nitrogens with zero attached hydrogens (tertiary/aromatic N) is 1. The number of anilines is 1. The smallest absolute Gasteiger partial charge is 0.264 e. The van der Waals surface area contributed by atoms with E-state index in [4.69, 9.17) is 9.47 Å². The van der Waals surface area contributed by atoms with Crippen molar-refractivity contribution in [2.75, 3.05) is 18.5 Å². The summed E-state index contributed by atoms with van der Waals surface area (Å²) < 4.78 is 11.0. The van der Waals surface area contributed by atoms with Crippen molar-refractivity contribution in [1.82, 2.24) is 4.98 Å². The first kappa shape index (κ1) is 19.9. The number of aromatic nitrogens is 1. The van der Waals surface area contributed by atoms with E-state index in [1.165, 1.54) is 16.9 Å². The first-order valence-corrected chi connectivity index (χ1v) is 10.1. The van der Waals surface area contributed by atoms with Crippen molar-refractivity contribution in [3.05, 3.63) is 59.0 Å². The van der Waals surface area contributed by atoms with Crippen LogP contribution in [-0.4, -0.2) is 24.1 Å². The fourth-order valence-electron chi connectivity index (χ4n) is 2.72. The van der Waals surface area contributed by atoms with Crippen LogP contribution in [0, 0.1) is 6.92 Å². The van der Waals surface area contributed by atoms with Gasteiger partial charge in [-0.15, -0.1) is 11.3 Å². The SMILES string of the molecule is CCOc1ccc(-c2nc(NC(=O)COc3ccc(CC)cc3)sc2C)cc1. The Balaban J connectivity index is 1.59. The molecule has 0 saturated carbocycles. The van der Waals surface area contributed by atoms with E-state index < -0.39 is 0 Å². The molecule has 3 aromatic rings. The molecule has 1 aromatic heterocycles. The van der Waals surface area contributed by atoms with Gasteiger partial charge in [0.15, 0.2) is 11.7 Å². The number of rotatable bonds is 8. The molecular formula is C22H24N2O3S. The normalized spacial score (nSPS) is 10.5. The zero-order chi connectivity index (χ0) is 19.9. The summed E-state index contributed by atoms with van der Waals surface area (Å²) in [6.45, 7) is 6.63. The van der Waals surface area contributed by atoms with Gasteiger partial charge in [0.2, 0.25) is 0 Å². The van der Waals surface area contributed by atoms with Crippen LogP contribution >= 0.6 is 11.3 Å². The molecule has 1 amide bonds. The van der Waals surface area contributed by atoms with E-state index in [0.717, 1.165) is 28.3 Å². The van der Waals surface area contributed by atoms with Crippen molar-refractivity contribution in [2.45, 2.75) is 27.2 Å². The van der Waals surface area contributed by atoms with Crippen LogP contribution in [-0.2, 0) is 11.2 Å². The lowest BCUT2D eigenvalue weighted by atomic mass is 10.1. The second kappa shape index (κ2) is 9.37. The predicted octanol–water partition coefficient (Wildman–Crippen LogP) is 5.10. The highest BCUT2D eigenvalue weighted by atomic mass is 32.1. The van der Waals surface area contributed by atoms with Crippen LogP contribution in [0.5, 0.6) is 11.5 Å². The van der Waals surface area contributed by atoms with Gasteiger partial charge in [-0.25, -0.2) is 4.98 Å². The zero-order valence-corrected chi connectivity index (χ0v) is 17.1. The Hall–Kier alpha value is -2.86. The highest BCUT2D eigenvalue weighted by Crippen LogP contribution is 2.31. The third-order valence-electron chi connectivity index (χ3n) is 4.18. The van der Waals surface area contributed by atoms with Gasteiger partial charge in [-0.3, -0.25) is 10.1 Å². The molecule has 0 spiro atoms. The standard InChI is InChI=1S/C22H24N2O3S/c1-4-16-6-10-19(11-7-16)27-14-20(25)23-22-24-21(15(3)28-22)17-8-12-18(13-9-17)26-5-2/h6-13H,4-5,14H2,1-3H3,(H,23,24,25). The summed E-state index contributed by atoms with van der Waals surface area (Å²) >= 11 is 1.45. The lowest BCUT2D eigenvalue weighted by Crippen LogP contribution is -2.20. The Morgan fingerprint density at radius 2 is 1.64 bits per heavy atom. The largest absolute Gasteiger partial charge is 0.494 e. The summed E-state index contributed by atoms with van der Waals surface area (Å²) in [4.78, 5) is 17.8. The molecule has 0 bridgehead atoms. The second-order valence-corrected chi connectivity index (χ2v) is 7.42. The summed E-state index contributed by atoms with van der Waals surface area (Å²) in [5.74, 6) is 1.28. The van der Waals surface area contributed by atoms with Gasteiger partial charge in [-0.2, -0.15) is 0 Å². The number of carbonyl (C=O) groups excluding carboxylic acids is 1. The molecule has 0 atom stereocenters. The molecule has 28 heavy (non-hydrogen) atoms. The van der Waals surface area contributed by atoms with E-state index >= 15 is 0 Å². The number of amides is 1. The predicted molar refractivity (Wildman–Crippen MR) is 113 cm³/mol. The minimum Gasteiger partial charge on any atom is -0.494 e. The van der Waals surface area contributed by atoms with Crippen molar-refractivity contribution >= 4 is 22.4 Å². The summed E-state index contributed by atoms with van der Waals surface area (Å²) in [7, 11) is 0. The molecule has 5 nitrogen and oxygen atoms in total. The highest BCUT2D eigenvalue weighted by Gasteiger charge is 2.13. The topological polar surface area (TPSA) is 60.5 Å². The first-order valence-electron chi connectivity index (χ1n) is 9.31. The summed E-state index contributed by atoms with van der Waals surface area (Å²) in [6, 6.07) is 15.6. The quantitative estimate of drug-likeness (QED) is 0.576. The summed E-state index contributed by atoms with van der Waals surface area (Å²) in [5.41, 5.74) is 3.08. The van der Waals surface area contributed by atoms with Crippen LogP contribution in [0.2, 0.25) is 0 Å². The number of nitrogens with one attached hydrogen (secondary N) is 1. The highest BCUT2D eigenvalue weighted by molar-refractivity contribution is 7.16. The number of benzene rings is 2. The van der Waals surface area contributed by atoms with Crippen molar-refractivity contribution in [1.29, 1.82) is 0 Å². The lowest BCUT2D eigenvalue weighted by Gasteiger charge is -2.06.